The zero-order chi connectivity index (χ0) is 35.3. The lowest BCUT2D eigenvalue weighted by Gasteiger charge is -2.27. The first-order valence-corrected chi connectivity index (χ1v) is 17.8. The second-order valence-corrected chi connectivity index (χ2v) is 13.3. The van der Waals surface area contributed by atoms with Gasteiger partial charge in [-0.25, -0.2) is 0 Å². The fraction of sp³-hybridized carbons (Fsp3) is 0.0400. The first-order valence-electron chi connectivity index (χ1n) is 17.8. The maximum absolute atomic E-state index is 2.36. The summed E-state index contributed by atoms with van der Waals surface area (Å²) in [4.78, 5) is 4.64. The lowest BCUT2D eigenvalue weighted by molar-refractivity contribution is 1.26. The molecule has 2 nitrogen and oxygen atoms in total. The van der Waals surface area contributed by atoms with Crippen molar-refractivity contribution < 1.29 is 0 Å². The number of hydrogen-bond donors (Lipinski definition) is 0. The first kappa shape index (κ1) is 32.6. The maximum atomic E-state index is 2.36. The van der Waals surface area contributed by atoms with Crippen molar-refractivity contribution in [2.75, 3.05) is 9.80 Å². The van der Waals surface area contributed by atoms with Gasteiger partial charge >= 0.3 is 0 Å². The lowest BCUT2D eigenvalue weighted by atomic mass is 10.0. The Kier molecular flexibility index (Phi) is 9.19. The standard InChI is InChI=1S/C50H40N2/c1-37-33-38(2)35-50(34-37)52(49-32-27-41-11-9-10-12-44(41)36-49)48-30-25-43(26-31-48)42-23-19-39(20-24-42)17-18-40-21-28-47(29-22-40)51(45-13-5-3-6-14-45)46-15-7-4-8-16-46/h3-36H,1-2H3/b18-17+. The van der Waals surface area contributed by atoms with E-state index in [4.69, 9.17) is 0 Å². The summed E-state index contributed by atoms with van der Waals surface area (Å²) in [6.07, 6.45) is 4.36. The Labute approximate surface area is 307 Å². The Balaban J connectivity index is 1.01. The van der Waals surface area contributed by atoms with Gasteiger partial charge in [0.25, 0.3) is 0 Å². The summed E-state index contributed by atoms with van der Waals surface area (Å²) in [7, 11) is 0. The molecule has 0 fully saturated rings. The molecule has 0 radical (unpaired) electrons. The Bertz CT molecular complexity index is 2390. The molecular formula is C50H40N2. The van der Waals surface area contributed by atoms with Gasteiger partial charge in [-0.3, -0.25) is 0 Å². The molecule has 0 aliphatic carbocycles. The van der Waals surface area contributed by atoms with E-state index in [2.05, 4.69) is 230 Å². The van der Waals surface area contributed by atoms with Crippen molar-refractivity contribution in [2.45, 2.75) is 13.8 Å². The van der Waals surface area contributed by atoms with Crippen molar-refractivity contribution in [3.63, 3.8) is 0 Å². The molecule has 8 rings (SSSR count). The molecule has 0 unspecified atom stereocenters. The molecule has 0 aromatic heterocycles. The number of hydrogen-bond acceptors (Lipinski definition) is 2. The van der Waals surface area contributed by atoms with Crippen molar-refractivity contribution >= 4 is 57.0 Å². The van der Waals surface area contributed by atoms with E-state index in [1.807, 2.05) is 0 Å². The Morgan fingerprint density at radius 2 is 0.712 bits per heavy atom. The van der Waals surface area contributed by atoms with Crippen molar-refractivity contribution in [1.82, 2.24) is 0 Å². The highest BCUT2D eigenvalue weighted by Gasteiger charge is 2.15. The van der Waals surface area contributed by atoms with Crippen LogP contribution in [0.25, 0.3) is 34.1 Å². The van der Waals surface area contributed by atoms with Gasteiger partial charge in [0.15, 0.2) is 0 Å². The molecule has 0 saturated heterocycles. The number of fused-ring (bicyclic) bond motifs is 1. The highest BCUT2D eigenvalue weighted by atomic mass is 15.1. The largest absolute Gasteiger partial charge is 0.311 e. The molecule has 8 aromatic rings. The molecule has 0 spiro atoms. The van der Waals surface area contributed by atoms with Crippen LogP contribution in [0.3, 0.4) is 0 Å². The van der Waals surface area contributed by atoms with E-state index in [0.717, 1.165) is 45.3 Å². The molecule has 0 aliphatic heterocycles. The van der Waals surface area contributed by atoms with Crippen LogP contribution in [0, 0.1) is 13.8 Å². The normalized spacial score (nSPS) is 11.2. The van der Waals surface area contributed by atoms with Crippen LogP contribution in [0.15, 0.2) is 194 Å². The molecule has 0 aliphatic rings. The third-order valence-electron chi connectivity index (χ3n) is 9.47. The van der Waals surface area contributed by atoms with Crippen LogP contribution in [0.1, 0.15) is 22.3 Å². The average Bonchev–Trinajstić information content (AvgIpc) is 3.19. The van der Waals surface area contributed by atoms with E-state index in [1.165, 1.54) is 33.0 Å². The molecule has 0 atom stereocenters. The number of para-hydroxylation sites is 2. The van der Waals surface area contributed by atoms with Gasteiger partial charge in [0.05, 0.1) is 0 Å². The summed E-state index contributed by atoms with van der Waals surface area (Å²) in [5.74, 6) is 0. The zero-order valence-corrected chi connectivity index (χ0v) is 29.5. The van der Waals surface area contributed by atoms with Crippen LogP contribution in [-0.4, -0.2) is 0 Å². The van der Waals surface area contributed by atoms with Crippen LogP contribution in [0.2, 0.25) is 0 Å². The summed E-state index contributed by atoms with van der Waals surface area (Å²) in [6.45, 7) is 4.33. The van der Waals surface area contributed by atoms with Gasteiger partial charge in [-0.2, -0.15) is 0 Å². The van der Waals surface area contributed by atoms with E-state index in [9.17, 15) is 0 Å². The summed E-state index contributed by atoms with van der Waals surface area (Å²) in [5, 5.41) is 2.47. The van der Waals surface area contributed by atoms with Crippen LogP contribution >= 0.6 is 0 Å². The van der Waals surface area contributed by atoms with Gasteiger partial charge in [-0.1, -0.05) is 133 Å². The highest BCUT2D eigenvalue weighted by molar-refractivity contribution is 5.89. The van der Waals surface area contributed by atoms with Crippen molar-refractivity contribution in [1.29, 1.82) is 0 Å². The molecule has 0 bridgehead atoms. The molecule has 0 amide bonds. The van der Waals surface area contributed by atoms with E-state index < -0.39 is 0 Å². The monoisotopic (exact) mass is 668 g/mol. The van der Waals surface area contributed by atoms with Gasteiger partial charge in [-0.15, -0.1) is 0 Å². The van der Waals surface area contributed by atoms with Gasteiger partial charge in [-0.05, 0) is 131 Å². The second kappa shape index (κ2) is 14.7. The first-order chi connectivity index (χ1) is 25.6. The van der Waals surface area contributed by atoms with Crippen molar-refractivity contribution in [2.24, 2.45) is 0 Å². The lowest BCUT2D eigenvalue weighted by Crippen LogP contribution is -2.10. The maximum Gasteiger partial charge on any atom is 0.0468 e. The minimum atomic E-state index is 1.12. The number of anilines is 6. The highest BCUT2D eigenvalue weighted by Crippen LogP contribution is 2.38. The van der Waals surface area contributed by atoms with Crippen LogP contribution in [0.4, 0.5) is 34.1 Å². The van der Waals surface area contributed by atoms with Gasteiger partial charge in [0.1, 0.15) is 0 Å². The molecule has 0 saturated carbocycles. The SMILES string of the molecule is Cc1cc(C)cc(N(c2ccc(-c3ccc(/C=C/c4ccc(N(c5ccccc5)c5ccccc5)cc4)cc3)cc2)c2ccc3ccccc3c2)c1. The molecular weight excluding hydrogens is 629 g/mol. The molecule has 8 aromatic carbocycles. The molecule has 2 heteroatoms. The Morgan fingerprint density at radius 1 is 0.308 bits per heavy atom. The smallest absolute Gasteiger partial charge is 0.0468 e. The van der Waals surface area contributed by atoms with Gasteiger partial charge in [0.2, 0.25) is 0 Å². The van der Waals surface area contributed by atoms with E-state index in [-0.39, 0.29) is 0 Å². The topological polar surface area (TPSA) is 6.48 Å². The summed E-state index contributed by atoms with van der Waals surface area (Å²) >= 11 is 0. The fourth-order valence-corrected chi connectivity index (χ4v) is 6.96. The zero-order valence-electron chi connectivity index (χ0n) is 29.5. The summed E-state index contributed by atoms with van der Waals surface area (Å²) < 4.78 is 0. The Hall–Kier alpha value is -6.64. The van der Waals surface area contributed by atoms with E-state index in [1.54, 1.807) is 0 Å². The van der Waals surface area contributed by atoms with E-state index in [0.29, 0.717) is 0 Å². The van der Waals surface area contributed by atoms with Crippen molar-refractivity contribution in [3.8, 4) is 11.1 Å². The third kappa shape index (κ3) is 7.14. The second-order valence-electron chi connectivity index (χ2n) is 13.3. The number of benzene rings is 8. The number of rotatable bonds is 9. The molecule has 250 valence electrons. The minimum Gasteiger partial charge on any atom is -0.311 e. The van der Waals surface area contributed by atoms with E-state index >= 15 is 0 Å². The number of aryl methyl sites for hydroxylation is 2. The number of nitrogens with zero attached hydrogens (tertiary/aromatic N) is 2. The van der Waals surface area contributed by atoms with Crippen LogP contribution in [-0.2, 0) is 0 Å². The molecule has 0 heterocycles. The van der Waals surface area contributed by atoms with Gasteiger partial charge < -0.3 is 9.80 Å². The van der Waals surface area contributed by atoms with Crippen LogP contribution < -0.4 is 9.80 Å². The quantitative estimate of drug-likeness (QED) is 0.141. The predicted molar refractivity (Wildman–Crippen MR) is 224 cm³/mol. The average molecular weight is 669 g/mol. The predicted octanol–water partition coefficient (Wildman–Crippen LogP) is 14.2. The summed E-state index contributed by atoms with van der Waals surface area (Å²) in [6, 6.07) is 69.5. The van der Waals surface area contributed by atoms with Crippen molar-refractivity contribution in [3.05, 3.63) is 216 Å². The van der Waals surface area contributed by atoms with Gasteiger partial charge in [0, 0.05) is 34.1 Å². The molecule has 52 heavy (non-hydrogen) atoms. The Morgan fingerprint density at radius 3 is 1.27 bits per heavy atom. The van der Waals surface area contributed by atoms with Crippen LogP contribution in [0.5, 0.6) is 0 Å². The molecule has 0 N–H and O–H groups in total. The fourth-order valence-electron chi connectivity index (χ4n) is 6.96. The summed E-state index contributed by atoms with van der Waals surface area (Å²) in [5.41, 5.74) is 14.0. The third-order valence-corrected chi connectivity index (χ3v) is 9.47. The minimum absolute atomic E-state index is 1.12.